The third-order valence-electron chi connectivity index (χ3n) is 11.1. The van der Waals surface area contributed by atoms with Crippen LogP contribution in [0.15, 0.2) is 182 Å². The summed E-state index contributed by atoms with van der Waals surface area (Å²) in [4.78, 5) is 15.0. The van der Waals surface area contributed by atoms with Gasteiger partial charge in [-0.15, -0.1) is 22.7 Å². The molecule has 12 aromatic rings. The van der Waals surface area contributed by atoms with Gasteiger partial charge in [0, 0.05) is 68.7 Å². The van der Waals surface area contributed by atoms with E-state index in [1.165, 1.54) is 79.0 Å². The van der Waals surface area contributed by atoms with Crippen molar-refractivity contribution < 1.29 is 0 Å². The van der Waals surface area contributed by atoms with E-state index in [1.54, 1.807) is 0 Å². The number of para-hydroxylation sites is 2. The first-order chi connectivity index (χ1) is 28.3. The summed E-state index contributed by atoms with van der Waals surface area (Å²) in [7, 11) is 0. The van der Waals surface area contributed by atoms with Crippen LogP contribution >= 0.6 is 22.7 Å². The fraction of sp³-hybridized carbons (Fsp3) is 0. The third-order valence-corrected chi connectivity index (χ3v) is 13.5. The summed E-state index contributed by atoms with van der Waals surface area (Å²) in [5.41, 5.74) is 9.07. The van der Waals surface area contributed by atoms with Crippen molar-refractivity contribution in [3.05, 3.63) is 182 Å². The van der Waals surface area contributed by atoms with E-state index < -0.39 is 0 Å². The van der Waals surface area contributed by atoms with Crippen LogP contribution in [0.5, 0.6) is 0 Å². The minimum absolute atomic E-state index is 0.663. The van der Waals surface area contributed by atoms with Crippen molar-refractivity contribution in [2.45, 2.75) is 0 Å². The van der Waals surface area contributed by atoms with Gasteiger partial charge in [0.1, 0.15) is 0 Å². The topological polar surface area (TPSA) is 43.6 Å². The number of fused-ring (bicyclic) bond motifs is 9. The summed E-state index contributed by atoms with van der Waals surface area (Å²) in [6.07, 6.45) is 0. The SMILES string of the molecule is c1ccc(-c2nc(-c3ccccc3)nc(-c3ccc4c(c3)sc3cccc(-c5cccc6c5sc5c(-n7c8ccccc8c8ccccc87)cccc56)c34)n2)cc1. The van der Waals surface area contributed by atoms with Crippen LogP contribution in [0.4, 0.5) is 0 Å². The van der Waals surface area contributed by atoms with Gasteiger partial charge in [0.05, 0.1) is 21.4 Å². The molecule has 0 aliphatic carbocycles. The second-order valence-corrected chi connectivity index (χ2v) is 16.4. The lowest BCUT2D eigenvalue weighted by Gasteiger charge is -2.09. The van der Waals surface area contributed by atoms with Crippen LogP contribution < -0.4 is 0 Å². The molecule has 0 unspecified atom stereocenters. The molecule has 266 valence electrons. The van der Waals surface area contributed by atoms with Crippen molar-refractivity contribution in [1.29, 1.82) is 0 Å². The molecule has 0 N–H and O–H groups in total. The maximum Gasteiger partial charge on any atom is 0.164 e. The van der Waals surface area contributed by atoms with E-state index in [2.05, 4.69) is 126 Å². The largest absolute Gasteiger partial charge is 0.308 e. The highest BCUT2D eigenvalue weighted by Gasteiger charge is 2.20. The summed E-state index contributed by atoms with van der Waals surface area (Å²) >= 11 is 3.72. The van der Waals surface area contributed by atoms with E-state index in [0.29, 0.717) is 17.5 Å². The lowest BCUT2D eigenvalue weighted by molar-refractivity contribution is 1.07. The Bertz CT molecular complexity index is 3410. The molecule has 8 aromatic carbocycles. The fourth-order valence-corrected chi connectivity index (χ4v) is 11.0. The Morgan fingerprint density at radius 2 is 0.895 bits per heavy atom. The second kappa shape index (κ2) is 12.8. The predicted octanol–water partition coefficient (Wildman–Crippen LogP) is 14.4. The average Bonchev–Trinajstić information content (AvgIpc) is 3.96. The molecule has 0 saturated heterocycles. The Balaban J connectivity index is 1.03. The van der Waals surface area contributed by atoms with Gasteiger partial charge < -0.3 is 4.57 Å². The van der Waals surface area contributed by atoms with Crippen LogP contribution in [-0.2, 0) is 0 Å². The Morgan fingerprint density at radius 1 is 0.351 bits per heavy atom. The predicted molar refractivity (Wildman–Crippen MR) is 242 cm³/mol. The zero-order valence-electron chi connectivity index (χ0n) is 30.4. The van der Waals surface area contributed by atoms with E-state index in [9.17, 15) is 0 Å². The summed E-state index contributed by atoms with van der Waals surface area (Å²) < 4.78 is 7.51. The average molecular weight is 763 g/mol. The molecule has 4 nitrogen and oxygen atoms in total. The maximum absolute atomic E-state index is 5.02. The highest BCUT2D eigenvalue weighted by atomic mass is 32.1. The number of thiophene rings is 2. The molecule has 0 spiro atoms. The van der Waals surface area contributed by atoms with Crippen LogP contribution in [0.3, 0.4) is 0 Å². The zero-order chi connectivity index (χ0) is 37.5. The van der Waals surface area contributed by atoms with Crippen LogP contribution in [0, 0.1) is 0 Å². The first-order valence-corrected chi connectivity index (χ1v) is 20.7. The minimum atomic E-state index is 0.663. The molecule has 0 aliphatic heterocycles. The number of hydrogen-bond acceptors (Lipinski definition) is 5. The van der Waals surface area contributed by atoms with Gasteiger partial charge in [0.2, 0.25) is 0 Å². The maximum atomic E-state index is 5.02. The van der Waals surface area contributed by atoms with Gasteiger partial charge in [-0.1, -0.05) is 152 Å². The number of nitrogens with zero attached hydrogens (tertiary/aromatic N) is 4. The van der Waals surface area contributed by atoms with E-state index >= 15 is 0 Å². The smallest absolute Gasteiger partial charge is 0.164 e. The molecule has 4 aromatic heterocycles. The lowest BCUT2D eigenvalue weighted by atomic mass is 9.97. The molecule has 0 atom stereocenters. The van der Waals surface area contributed by atoms with Gasteiger partial charge in [0.15, 0.2) is 17.5 Å². The third kappa shape index (κ3) is 5.08. The highest BCUT2D eigenvalue weighted by molar-refractivity contribution is 7.27. The monoisotopic (exact) mass is 762 g/mol. The molecule has 0 amide bonds. The van der Waals surface area contributed by atoms with Gasteiger partial charge in [-0.2, -0.15) is 0 Å². The van der Waals surface area contributed by atoms with Gasteiger partial charge in [-0.25, -0.2) is 15.0 Å². The summed E-state index contributed by atoms with van der Waals surface area (Å²) in [5, 5.41) is 7.63. The van der Waals surface area contributed by atoms with Crippen molar-refractivity contribution in [2.75, 3.05) is 0 Å². The first kappa shape index (κ1) is 32.3. The van der Waals surface area contributed by atoms with Gasteiger partial charge in [0.25, 0.3) is 0 Å². The molecule has 4 heterocycles. The highest BCUT2D eigenvalue weighted by Crippen LogP contribution is 2.47. The van der Waals surface area contributed by atoms with E-state index in [0.717, 1.165) is 16.7 Å². The second-order valence-electron chi connectivity index (χ2n) is 14.3. The molecule has 0 radical (unpaired) electrons. The Kier molecular flexibility index (Phi) is 7.24. The van der Waals surface area contributed by atoms with E-state index in [-0.39, 0.29) is 0 Å². The zero-order valence-corrected chi connectivity index (χ0v) is 32.1. The molecule has 12 rings (SSSR count). The van der Waals surface area contributed by atoms with Gasteiger partial charge in [-0.05, 0) is 35.9 Å². The fourth-order valence-electron chi connectivity index (χ4n) is 8.50. The number of rotatable bonds is 5. The Labute approximate surface area is 335 Å². The van der Waals surface area contributed by atoms with Gasteiger partial charge >= 0.3 is 0 Å². The number of hydrogen-bond donors (Lipinski definition) is 0. The number of aromatic nitrogens is 4. The summed E-state index contributed by atoms with van der Waals surface area (Å²) in [5.74, 6) is 1.99. The quantitative estimate of drug-likeness (QED) is 0.175. The van der Waals surface area contributed by atoms with Crippen LogP contribution in [0.25, 0.3) is 113 Å². The Hall–Kier alpha value is -6.99. The normalized spacial score (nSPS) is 11.9. The Morgan fingerprint density at radius 3 is 1.58 bits per heavy atom. The van der Waals surface area contributed by atoms with Crippen molar-refractivity contribution in [1.82, 2.24) is 19.5 Å². The molecule has 0 saturated carbocycles. The van der Waals surface area contributed by atoms with Crippen LogP contribution in [0.1, 0.15) is 0 Å². The van der Waals surface area contributed by atoms with Crippen molar-refractivity contribution in [3.63, 3.8) is 0 Å². The van der Waals surface area contributed by atoms with Gasteiger partial charge in [-0.3, -0.25) is 0 Å². The van der Waals surface area contributed by atoms with E-state index in [4.69, 9.17) is 15.0 Å². The molecule has 57 heavy (non-hydrogen) atoms. The molecule has 0 bridgehead atoms. The van der Waals surface area contributed by atoms with Crippen LogP contribution in [0.2, 0.25) is 0 Å². The van der Waals surface area contributed by atoms with Crippen molar-refractivity contribution in [3.8, 4) is 51.0 Å². The minimum Gasteiger partial charge on any atom is -0.308 e. The first-order valence-electron chi connectivity index (χ1n) is 19.0. The molecular weight excluding hydrogens is 733 g/mol. The number of benzene rings is 8. The molecular formula is C51H30N4S2. The van der Waals surface area contributed by atoms with Crippen LogP contribution in [-0.4, -0.2) is 19.5 Å². The molecule has 0 aliphatic rings. The standard InChI is InChI=1S/C51H30N4S2/c1-3-14-31(15-4-1)49-52-50(32-16-5-2-6-17-32)54-51(53-49)33-28-29-40-45(30-33)56-44-27-13-20-36(46(40)44)37-21-11-22-38-39-23-12-26-43(48(39)57-47(37)38)55-41-24-9-7-18-34(41)35-19-8-10-25-42(35)55/h1-30H. The lowest BCUT2D eigenvalue weighted by Crippen LogP contribution is -1.99. The summed E-state index contributed by atoms with van der Waals surface area (Å²) in [6, 6.07) is 64.8. The molecule has 0 fully saturated rings. The van der Waals surface area contributed by atoms with E-state index in [1.807, 2.05) is 83.3 Å². The summed E-state index contributed by atoms with van der Waals surface area (Å²) in [6.45, 7) is 0. The van der Waals surface area contributed by atoms with Crippen molar-refractivity contribution >= 4 is 84.8 Å². The van der Waals surface area contributed by atoms with Crippen molar-refractivity contribution in [2.24, 2.45) is 0 Å². The molecule has 6 heteroatoms.